The molecular weight excluding hydrogens is 220 g/mol. The molecule has 2 N–H and O–H groups in total. The van der Waals surface area contributed by atoms with Crippen molar-refractivity contribution in [1.29, 1.82) is 5.26 Å². The molecule has 0 saturated heterocycles. The second-order valence-electron chi connectivity index (χ2n) is 3.22. The van der Waals surface area contributed by atoms with Gasteiger partial charge in [0.2, 0.25) is 10.0 Å². The van der Waals surface area contributed by atoms with Crippen molar-refractivity contribution >= 4 is 16.0 Å². The fourth-order valence-electron chi connectivity index (χ4n) is 1.05. The third-order valence-corrected chi connectivity index (χ3v) is 2.93. The first-order chi connectivity index (χ1) is 6.87. The Balaban J connectivity index is 3.89. The van der Waals surface area contributed by atoms with Gasteiger partial charge in [-0.15, -0.1) is 0 Å². The van der Waals surface area contributed by atoms with Gasteiger partial charge in [-0.1, -0.05) is 0 Å². The van der Waals surface area contributed by atoms with Gasteiger partial charge in [-0.25, -0.2) is 13.1 Å². The molecular formula is C8H14N2O4S. The molecule has 0 rings (SSSR count). The molecule has 1 unspecified atom stereocenters. The lowest BCUT2D eigenvalue weighted by molar-refractivity contribution is -0.137. The lowest BCUT2D eigenvalue weighted by atomic mass is 10.1. The maximum atomic E-state index is 11.1. The molecule has 15 heavy (non-hydrogen) atoms. The van der Waals surface area contributed by atoms with Crippen LogP contribution in [0.4, 0.5) is 0 Å². The van der Waals surface area contributed by atoms with E-state index in [9.17, 15) is 13.2 Å². The van der Waals surface area contributed by atoms with Crippen LogP contribution in [-0.4, -0.2) is 31.3 Å². The number of carboxylic acid groups (broad SMARTS) is 1. The monoisotopic (exact) mass is 234 g/mol. The van der Waals surface area contributed by atoms with Crippen LogP contribution in [-0.2, 0) is 14.8 Å². The fraction of sp³-hybridized carbons (Fsp3) is 0.750. The predicted molar refractivity (Wildman–Crippen MR) is 53.5 cm³/mol. The molecule has 0 aliphatic rings. The minimum Gasteiger partial charge on any atom is -0.481 e. The standard InChI is InChI=1S/C8H14N2O4S/c1-7(3-2-4-8(11)12)10-15(13,14)6-5-9/h7,10H,2-4,6H2,1H3,(H,11,12). The number of nitrogens with one attached hydrogen (secondary N) is 1. The van der Waals surface area contributed by atoms with E-state index in [-0.39, 0.29) is 12.5 Å². The molecule has 0 aliphatic carbocycles. The Hall–Kier alpha value is -1.13. The van der Waals surface area contributed by atoms with E-state index in [0.29, 0.717) is 12.8 Å². The smallest absolute Gasteiger partial charge is 0.303 e. The molecule has 0 aromatic carbocycles. The van der Waals surface area contributed by atoms with Gasteiger partial charge in [0.15, 0.2) is 5.75 Å². The summed E-state index contributed by atoms with van der Waals surface area (Å²) in [5.41, 5.74) is 0. The second-order valence-corrected chi connectivity index (χ2v) is 4.98. The van der Waals surface area contributed by atoms with Gasteiger partial charge in [0.1, 0.15) is 0 Å². The number of aliphatic carboxylic acids is 1. The van der Waals surface area contributed by atoms with Crippen LogP contribution in [0.15, 0.2) is 0 Å². The van der Waals surface area contributed by atoms with Crippen molar-refractivity contribution in [1.82, 2.24) is 4.72 Å². The first kappa shape index (κ1) is 13.9. The fourth-order valence-corrected chi connectivity index (χ4v) is 2.04. The van der Waals surface area contributed by atoms with E-state index in [1.54, 1.807) is 13.0 Å². The van der Waals surface area contributed by atoms with Crippen molar-refractivity contribution in [2.75, 3.05) is 5.75 Å². The molecule has 0 spiro atoms. The summed E-state index contributed by atoms with van der Waals surface area (Å²) in [6, 6.07) is 1.20. The quantitative estimate of drug-likeness (QED) is 0.648. The van der Waals surface area contributed by atoms with Gasteiger partial charge in [0.05, 0.1) is 6.07 Å². The van der Waals surface area contributed by atoms with E-state index in [2.05, 4.69) is 4.72 Å². The van der Waals surface area contributed by atoms with Crippen LogP contribution in [0.2, 0.25) is 0 Å². The van der Waals surface area contributed by atoms with Gasteiger partial charge >= 0.3 is 5.97 Å². The molecule has 86 valence electrons. The highest BCUT2D eigenvalue weighted by atomic mass is 32.2. The van der Waals surface area contributed by atoms with Crippen molar-refractivity contribution in [3.05, 3.63) is 0 Å². The summed E-state index contributed by atoms with van der Waals surface area (Å²) in [6.07, 6.45) is 0.868. The van der Waals surface area contributed by atoms with Crippen LogP contribution < -0.4 is 4.72 Å². The molecule has 0 amide bonds. The molecule has 0 heterocycles. The van der Waals surface area contributed by atoms with Gasteiger partial charge in [-0.2, -0.15) is 5.26 Å². The molecule has 0 radical (unpaired) electrons. The Labute approximate surface area is 89.0 Å². The maximum Gasteiger partial charge on any atom is 0.303 e. The summed E-state index contributed by atoms with van der Waals surface area (Å²) < 4.78 is 24.5. The van der Waals surface area contributed by atoms with Crippen LogP contribution in [0, 0.1) is 11.3 Å². The average Bonchev–Trinajstić information content (AvgIpc) is 2.01. The number of hydrogen-bond donors (Lipinski definition) is 2. The van der Waals surface area contributed by atoms with Gasteiger partial charge in [-0.05, 0) is 19.8 Å². The van der Waals surface area contributed by atoms with E-state index in [0.717, 1.165) is 0 Å². The summed E-state index contributed by atoms with van der Waals surface area (Å²) >= 11 is 0. The topological polar surface area (TPSA) is 107 Å². The minimum atomic E-state index is -3.54. The minimum absolute atomic E-state index is 0.0182. The number of nitriles is 1. The third-order valence-electron chi connectivity index (χ3n) is 1.66. The van der Waals surface area contributed by atoms with E-state index >= 15 is 0 Å². The Kier molecular flexibility index (Phi) is 5.89. The molecule has 0 aromatic heterocycles. The van der Waals surface area contributed by atoms with Crippen LogP contribution in [0.3, 0.4) is 0 Å². The van der Waals surface area contributed by atoms with E-state index in [4.69, 9.17) is 10.4 Å². The summed E-state index contributed by atoms with van der Waals surface area (Å²) in [6.45, 7) is 1.64. The SMILES string of the molecule is CC(CCCC(=O)O)NS(=O)(=O)CC#N. The number of nitrogens with zero attached hydrogens (tertiary/aromatic N) is 1. The maximum absolute atomic E-state index is 11.1. The zero-order valence-corrected chi connectivity index (χ0v) is 9.25. The lowest BCUT2D eigenvalue weighted by Crippen LogP contribution is -2.34. The Bertz CT molecular complexity index is 344. The van der Waals surface area contributed by atoms with Gasteiger partial charge in [-0.3, -0.25) is 4.79 Å². The van der Waals surface area contributed by atoms with Crippen molar-refractivity contribution in [2.24, 2.45) is 0 Å². The van der Waals surface area contributed by atoms with Crippen molar-refractivity contribution < 1.29 is 18.3 Å². The Morgan fingerprint density at radius 2 is 2.20 bits per heavy atom. The van der Waals surface area contributed by atoms with E-state index in [1.807, 2.05) is 0 Å². The van der Waals surface area contributed by atoms with Crippen LogP contribution >= 0.6 is 0 Å². The normalized spacial score (nSPS) is 13.1. The first-order valence-electron chi connectivity index (χ1n) is 4.46. The molecule has 6 nitrogen and oxygen atoms in total. The molecule has 7 heteroatoms. The number of hydrogen-bond acceptors (Lipinski definition) is 4. The Morgan fingerprint density at radius 3 is 2.67 bits per heavy atom. The van der Waals surface area contributed by atoms with Gasteiger partial charge < -0.3 is 5.11 Å². The largest absolute Gasteiger partial charge is 0.481 e. The lowest BCUT2D eigenvalue weighted by Gasteiger charge is -2.11. The molecule has 0 saturated carbocycles. The van der Waals surface area contributed by atoms with E-state index < -0.39 is 21.7 Å². The van der Waals surface area contributed by atoms with Crippen molar-refractivity contribution in [3.63, 3.8) is 0 Å². The number of sulfonamides is 1. The highest BCUT2D eigenvalue weighted by Gasteiger charge is 2.13. The van der Waals surface area contributed by atoms with Gasteiger partial charge in [0, 0.05) is 12.5 Å². The zero-order chi connectivity index (χ0) is 11.9. The second kappa shape index (κ2) is 6.37. The Morgan fingerprint density at radius 1 is 1.60 bits per heavy atom. The summed E-state index contributed by atoms with van der Waals surface area (Å²) in [5, 5.41) is 16.6. The van der Waals surface area contributed by atoms with E-state index in [1.165, 1.54) is 0 Å². The number of carbonyl (C=O) groups is 1. The zero-order valence-electron chi connectivity index (χ0n) is 8.43. The third kappa shape index (κ3) is 7.90. The average molecular weight is 234 g/mol. The molecule has 0 bridgehead atoms. The van der Waals surface area contributed by atoms with Crippen LogP contribution in [0.5, 0.6) is 0 Å². The molecule has 0 aliphatic heterocycles. The highest BCUT2D eigenvalue weighted by Crippen LogP contribution is 2.01. The number of carboxylic acids is 1. The predicted octanol–water partition coefficient (Wildman–Crippen LogP) is 0.0728. The van der Waals surface area contributed by atoms with Crippen LogP contribution in [0.1, 0.15) is 26.2 Å². The van der Waals surface area contributed by atoms with Crippen molar-refractivity contribution in [3.8, 4) is 6.07 Å². The summed E-state index contributed by atoms with van der Waals surface area (Å²) in [4.78, 5) is 10.2. The molecule has 0 aromatic rings. The summed E-state index contributed by atoms with van der Waals surface area (Å²) in [7, 11) is -3.54. The molecule has 0 fully saturated rings. The summed E-state index contributed by atoms with van der Waals surface area (Å²) in [5.74, 6) is -1.47. The van der Waals surface area contributed by atoms with Crippen molar-refractivity contribution in [2.45, 2.75) is 32.2 Å². The first-order valence-corrected chi connectivity index (χ1v) is 6.11. The highest BCUT2D eigenvalue weighted by molar-refractivity contribution is 7.89. The number of rotatable bonds is 7. The van der Waals surface area contributed by atoms with Crippen LogP contribution in [0.25, 0.3) is 0 Å². The molecule has 1 atom stereocenters. The van der Waals surface area contributed by atoms with Gasteiger partial charge in [0.25, 0.3) is 0 Å².